The van der Waals surface area contributed by atoms with Crippen molar-refractivity contribution < 1.29 is 22.7 Å². The first kappa shape index (κ1) is 14.1. The normalized spacial score (nSPS) is 20.9. The highest BCUT2D eigenvalue weighted by atomic mass is 19.4. The number of aliphatic hydroxyl groups is 1. The van der Waals surface area contributed by atoms with Crippen LogP contribution in [0.15, 0.2) is 24.3 Å². The molecule has 1 aromatic carbocycles. The van der Waals surface area contributed by atoms with Crippen molar-refractivity contribution in [2.45, 2.75) is 38.0 Å². The molecule has 0 spiro atoms. The molecule has 1 N–H and O–H groups in total. The summed E-state index contributed by atoms with van der Waals surface area (Å²) in [5.74, 6) is -1.27. The van der Waals surface area contributed by atoms with Gasteiger partial charge in [0.25, 0.3) is 0 Å². The van der Waals surface area contributed by atoms with Crippen LogP contribution < -0.4 is 0 Å². The summed E-state index contributed by atoms with van der Waals surface area (Å²) < 4.78 is 50.9. The van der Waals surface area contributed by atoms with E-state index in [1.165, 1.54) is 6.07 Å². The Morgan fingerprint density at radius 3 is 2.53 bits per heavy atom. The number of allylic oxidation sites excluding steroid dienone is 1. The predicted molar refractivity (Wildman–Crippen MR) is 63.9 cm³/mol. The van der Waals surface area contributed by atoms with Crippen LogP contribution in [0.25, 0.3) is 5.57 Å². The van der Waals surface area contributed by atoms with Gasteiger partial charge in [0.1, 0.15) is 5.82 Å². The topological polar surface area (TPSA) is 20.2 Å². The van der Waals surface area contributed by atoms with Crippen molar-refractivity contribution >= 4 is 5.57 Å². The molecule has 0 aliphatic heterocycles. The molecular weight excluding hydrogens is 260 g/mol. The van der Waals surface area contributed by atoms with Crippen LogP contribution >= 0.6 is 0 Å². The van der Waals surface area contributed by atoms with Gasteiger partial charge in [-0.05, 0) is 42.5 Å². The monoisotopic (exact) mass is 274 g/mol. The molecule has 0 bridgehead atoms. The highest BCUT2D eigenvalue weighted by Gasteiger charge is 2.34. The van der Waals surface area contributed by atoms with Crippen molar-refractivity contribution in [3.05, 3.63) is 41.2 Å². The molecule has 2 rings (SSSR count). The smallest absolute Gasteiger partial charge is 0.389 e. The van der Waals surface area contributed by atoms with Crippen LogP contribution in [0.5, 0.6) is 0 Å². The second-order valence-electron chi connectivity index (χ2n) is 4.70. The zero-order chi connectivity index (χ0) is 14.0. The van der Waals surface area contributed by atoms with Crippen LogP contribution in [0.4, 0.5) is 17.6 Å². The fraction of sp³-hybridized carbons (Fsp3) is 0.429. The number of rotatable bonds is 1. The third-order valence-electron chi connectivity index (χ3n) is 3.23. The highest BCUT2D eigenvalue weighted by molar-refractivity contribution is 5.66. The summed E-state index contributed by atoms with van der Waals surface area (Å²) in [4.78, 5) is 0. The molecule has 1 unspecified atom stereocenters. The predicted octanol–water partition coefficient (Wildman–Crippen LogP) is 4.16. The molecule has 19 heavy (non-hydrogen) atoms. The molecule has 0 fully saturated rings. The molecular formula is C14H14F4O. The van der Waals surface area contributed by atoms with Gasteiger partial charge in [-0.2, -0.15) is 13.2 Å². The lowest BCUT2D eigenvalue weighted by Gasteiger charge is -2.11. The minimum Gasteiger partial charge on any atom is -0.389 e. The maximum atomic E-state index is 13.5. The Morgan fingerprint density at radius 1 is 1.16 bits per heavy atom. The summed E-state index contributed by atoms with van der Waals surface area (Å²) >= 11 is 0. The fourth-order valence-corrected chi connectivity index (χ4v) is 2.25. The molecule has 1 aliphatic carbocycles. The van der Waals surface area contributed by atoms with Crippen LogP contribution in [0, 0.1) is 5.82 Å². The van der Waals surface area contributed by atoms with Gasteiger partial charge in [-0.1, -0.05) is 18.6 Å². The van der Waals surface area contributed by atoms with Gasteiger partial charge >= 0.3 is 6.18 Å². The molecule has 0 aromatic heterocycles. The van der Waals surface area contributed by atoms with E-state index in [1.807, 2.05) is 0 Å². The number of halogens is 4. The van der Waals surface area contributed by atoms with E-state index < -0.39 is 23.7 Å². The Hall–Kier alpha value is -1.36. The van der Waals surface area contributed by atoms with Crippen LogP contribution in [-0.2, 0) is 6.18 Å². The second-order valence-corrected chi connectivity index (χ2v) is 4.70. The molecule has 0 amide bonds. The van der Waals surface area contributed by atoms with E-state index in [1.54, 1.807) is 6.08 Å². The van der Waals surface area contributed by atoms with Crippen LogP contribution in [0.1, 0.15) is 36.8 Å². The van der Waals surface area contributed by atoms with Gasteiger partial charge in [-0.15, -0.1) is 0 Å². The quantitative estimate of drug-likeness (QED) is 0.762. The summed E-state index contributed by atoms with van der Waals surface area (Å²) in [6, 6.07) is 2.91. The third kappa shape index (κ3) is 3.35. The Bertz CT molecular complexity index is 491. The molecule has 0 radical (unpaired) electrons. The third-order valence-corrected chi connectivity index (χ3v) is 3.23. The average Bonchev–Trinajstić information content (AvgIpc) is 2.52. The van der Waals surface area contributed by atoms with Crippen molar-refractivity contribution in [2.24, 2.45) is 0 Å². The SMILES string of the molecule is OC1C=C(c2ccc(C(F)(F)F)c(F)c2)CCCC1. The van der Waals surface area contributed by atoms with Crippen LogP contribution in [0.3, 0.4) is 0 Å². The van der Waals surface area contributed by atoms with E-state index in [-0.39, 0.29) is 0 Å². The largest absolute Gasteiger partial charge is 0.419 e. The Kier molecular flexibility index (Phi) is 3.94. The summed E-state index contributed by atoms with van der Waals surface area (Å²) in [5, 5.41) is 9.62. The number of benzene rings is 1. The molecule has 0 saturated heterocycles. The lowest BCUT2D eigenvalue weighted by atomic mass is 9.99. The van der Waals surface area contributed by atoms with Gasteiger partial charge in [0.05, 0.1) is 11.7 Å². The number of aliphatic hydroxyl groups excluding tert-OH is 1. The maximum Gasteiger partial charge on any atom is 0.419 e. The van der Waals surface area contributed by atoms with Crippen molar-refractivity contribution in [3.8, 4) is 0 Å². The lowest BCUT2D eigenvalue weighted by Crippen LogP contribution is -2.08. The first-order chi connectivity index (χ1) is 8.88. The van der Waals surface area contributed by atoms with Gasteiger partial charge in [0.2, 0.25) is 0 Å². The van der Waals surface area contributed by atoms with Crippen molar-refractivity contribution in [2.75, 3.05) is 0 Å². The molecule has 0 heterocycles. The number of hydrogen-bond donors (Lipinski definition) is 1. The van der Waals surface area contributed by atoms with Gasteiger partial charge in [-0.25, -0.2) is 4.39 Å². The summed E-state index contributed by atoms with van der Waals surface area (Å²) in [5.41, 5.74) is -0.143. The Morgan fingerprint density at radius 2 is 1.89 bits per heavy atom. The molecule has 1 atom stereocenters. The minimum absolute atomic E-state index is 0.409. The average molecular weight is 274 g/mol. The Labute approximate surface area is 108 Å². The van der Waals surface area contributed by atoms with Gasteiger partial charge in [-0.3, -0.25) is 0 Å². The fourth-order valence-electron chi connectivity index (χ4n) is 2.25. The zero-order valence-electron chi connectivity index (χ0n) is 10.2. The molecule has 0 saturated carbocycles. The summed E-state index contributed by atoms with van der Waals surface area (Å²) in [6.07, 6.45) is -0.720. The molecule has 1 aliphatic rings. The molecule has 1 aromatic rings. The zero-order valence-corrected chi connectivity index (χ0v) is 10.2. The second kappa shape index (κ2) is 5.33. The van der Waals surface area contributed by atoms with E-state index >= 15 is 0 Å². The van der Waals surface area contributed by atoms with Crippen molar-refractivity contribution in [3.63, 3.8) is 0 Å². The maximum absolute atomic E-state index is 13.5. The number of hydrogen-bond acceptors (Lipinski definition) is 1. The van der Waals surface area contributed by atoms with E-state index in [0.717, 1.165) is 25.0 Å². The standard InChI is InChI=1S/C14H14F4O/c15-13-8-10(5-6-12(13)14(16,17)18)9-3-1-2-4-11(19)7-9/h5-8,11,19H,1-4H2. The van der Waals surface area contributed by atoms with Gasteiger partial charge in [0.15, 0.2) is 0 Å². The number of alkyl halides is 3. The van der Waals surface area contributed by atoms with Crippen LogP contribution in [-0.4, -0.2) is 11.2 Å². The van der Waals surface area contributed by atoms with Crippen molar-refractivity contribution in [1.82, 2.24) is 0 Å². The van der Waals surface area contributed by atoms with E-state index in [0.29, 0.717) is 24.0 Å². The Balaban J connectivity index is 2.34. The highest BCUT2D eigenvalue weighted by Crippen LogP contribution is 2.34. The minimum atomic E-state index is -4.68. The first-order valence-electron chi connectivity index (χ1n) is 6.14. The van der Waals surface area contributed by atoms with E-state index in [4.69, 9.17) is 0 Å². The molecule has 1 nitrogen and oxygen atoms in total. The van der Waals surface area contributed by atoms with E-state index in [9.17, 15) is 22.7 Å². The van der Waals surface area contributed by atoms with E-state index in [2.05, 4.69) is 0 Å². The van der Waals surface area contributed by atoms with Crippen LogP contribution in [0.2, 0.25) is 0 Å². The lowest BCUT2D eigenvalue weighted by molar-refractivity contribution is -0.140. The molecule has 5 heteroatoms. The first-order valence-corrected chi connectivity index (χ1v) is 6.14. The summed E-state index contributed by atoms with van der Waals surface area (Å²) in [7, 11) is 0. The van der Waals surface area contributed by atoms with Crippen molar-refractivity contribution in [1.29, 1.82) is 0 Å². The van der Waals surface area contributed by atoms with Gasteiger partial charge in [0, 0.05) is 0 Å². The van der Waals surface area contributed by atoms with Gasteiger partial charge < -0.3 is 5.11 Å². The summed E-state index contributed by atoms with van der Waals surface area (Å²) in [6.45, 7) is 0. The molecule has 104 valence electrons.